The number of aromatic nitrogens is 8. The van der Waals surface area contributed by atoms with Gasteiger partial charge in [0.2, 0.25) is 23.8 Å². The SMILES string of the molecule is Cc1[nH]ccc1CCNc1nc(N(C)CCc2cc(CCNc3nc(N(C)C)n[nH]3)c[nH]2)n[nH]1. The molecule has 182 valence electrons. The summed E-state index contributed by atoms with van der Waals surface area (Å²) in [6.45, 7) is 4.46. The van der Waals surface area contributed by atoms with Gasteiger partial charge in [-0.15, -0.1) is 10.2 Å². The predicted molar refractivity (Wildman–Crippen MR) is 135 cm³/mol. The van der Waals surface area contributed by atoms with Gasteiger partial charge in [0.05, 0.1) is 0 Å². The van der Waals surface area contributed by atoms with E-state index in [2.05, 4.69) is 76.2 Å². The third-order valence-electron chi connectivity index (χ3n) is 5.67. The molecule has 0 radical (unpaired) electrons. The molecule has 0 aliphatic heterocycles. The van der Waals surface area contributed by atoms with E-state index in [-0.39, 0.29) is 0 Å². The molecule has 0 amide bonds. The summed E-state index contributed by atoms with van der Waals surface area (Å²) in [6, 6.07) is 4.31. The number of aryl methyl sites for hydroxylation is 1. The lowest BCUT2D eigenvalue weighted by molar-refractivity contribution is 0.828. The van der Waals surface area contributed by atoms with E-state index in [1.54, 1.807) is 0 Å². The van der Waals surface area contributed by atoms with Gasteiger partial charge in [-0.05, 0) is 43.0 Å². The average molecular weight is 467 g/mol. The molecule has 0 aliphatic carbocycles. The van der Waals surface area contributed by atoms with Gasteiger partial charge < -0.3 is 30.4 Å². The number of likely N-dealkylation sites (N-methyl/N-ethyl adjacent to an activating group) is 1. The molecule has 0 atom stereocenters. The van der Waals surface area contributed by atoms with Gasteiger partial charge in [0.15, 0.2) is 0 Å². The Hall–Kier alpha value is -3.96. The second-order valence-corrected chi connectivity index (χ2v) is 8.55. The van der Waals surface area contributed by atoms with Crippen molar-refractivity contribution in [2.24, 2.45) is 0 Å². The zero-order valence-electron chi connectivity index (χ0n) is 20.2. The van der Waals surface area contributed by atoms with Crippen molar-refractivity contribution in [2.45, 2.75) is 26.2 Å². The third kappa shape index (κ3) is 6.09. The van der Waals surface area contributed by atoms with Crippen LogP contribution in [0, 0.1) is 6.92 Å². The number of anilines is 4. The maximum absolute atomic E-state index is 4.56. The Morgan fingerprint density at radius 3 is 2.26 bits per heavy atom. The van der Waals surface area contributed by atoms with E-state index >= 15 is 0 Å². The number of hydrogen-bond donors (Lipinski definition) is 6. The van der Waals surface area contributed by atoms with Crippen LogP contribution in [0.25, 0.3) is 0 Å². The zero-order chi connectivity index (χ0) is 23.9. The Morgan fingerprint density at radius 2 is 1.59 bits per heavy atom. The van der Waals surface area contributed by atoms with Gasteiger partial charge in [-0.1, -0.05) is 0 Å². The molecule has 34 heavy (non-hydrogen) atoms. The summed E-state index contributed by atoms with van der Waals surface area (Å²) in [5.74, 6) is 2.72. The minimum Gasteiger partial charge on any atom is -0.365 e. The van der Waals surface area contributed by atoms with Crippen LogP contribution in [0.5, 0.6) is 0 Å². The number of aromatic amines is 4. The Labute approximate surface area is 199 Å². The lowest BCUT2D eigenvalue weighted by Gasteiger charge is -2.13. The molecule has 0 fully saturated rings. The van der Waals surface area contributed by atoms with Gasteiger partial charge in [0, 0.05) is 71.0 Å². The molecule has 4 aromatic rings. The molecule has 0 saturated carbocycles. The summed E-state index contributed by atoms with van der Waals surface area (Å²) < 4.78 is 0. The maximum Gasteiger partial charge on any atom is 0.246 e. The molecule has 4 heterocycles. The number of hydrogen-bond acceptors (Lipinski definition) is 8. The van der Waals surface area contributed by atoms with E-state index in [9.17, 15) is 0 Å². The average Bonchev–Trinajstić information content (AvgIpc) is 3.61. The molecule has 0 saturated heterocycles. The molecule has 0 aliphatic rings. The van der Waals surface area contributed by atoms with Gasteiger partial charge in [0.25, 0.3) is 0 Å². The maximum atomic E-state index is 4.56. The highest BCUT2D eigenvalue weighted by molar-refractivity contribution is 5.37. The second kappa shape index (κ2) is 10.8. The summed E-state index contributed by atoms with van der Waals surface area (Å²) in [5.41, 5.74) is 4.95. The Kier molecular flexibility index (Phi) is 7.35. The number of rotatable bonds is 13. The molecule has 12 heteroatoms. The van der Waals surface area contributed by atoms with Gasteiger partial charge in [0.1, 0.15) is 0 Å². The van der Waals surface area contributed by atoms with E-state index in [1.165, 1.54) is 22.5 Å². The smallest absolute Gasteiger partial charge is 0.246 e. The molecule has 4 aromatic heterocycles. The van der Waals surface area contributed by atoms with Crippen molar-refractivity contribution in [3.8, 4) is 0 Å². The van der Waals surface area contributed by atoms with Gasteiger partial charge in [-0.2, -0.15) is 9.97 Å². The lowest BCUT2D eigenvalue weighted by atomic mass is 10.2. The quantitative estimate of drug-likeness (QED) is 0.175. The van der Waals surface area contributed by atoms with Crippen molar-refractivity contribution >= 4 is 23.8 Å². The van der Waals surface area contributed by atoms with Crippen molar-refractivity contribution in [1.82, 2.24) is 40.3 Å². The van der Waals surface area contributed by atoms with Crippen LogP contribution in [-0.2, 0) is 19.3 Å². The first kappa shape index (κ1) is 23.2. The van der Waals surface area contributed by atoms with Crippen LogP contribution in [0.4, 0.5) is 23.8 Å². The van der Waals surface area contributed by atoms with Crippen LogP contribution in [0.3, 0.4) is 0 Å². The molecule has 4 rings (SSSR count). The van der Waals surface area contributed by atoms with Crippen molar-refractivity contribution < 1.29 is 0 Å². The normalized spacial score (nSPS) is 11.1. The summed E-state index contributed by atoms with van der Waals surface area (Å²) in [6.07, 6.45) is 6.73. The standard InChI is InChI=1S/C22H34N12/c1-15-17(6-10-23-15)7-11-25-20-28-22(32-30-20)34(4)12-8-18-13-16(14-26-18)5-9-24-19-27-21(31-29-19)33(2)3/h6,10,13-14,23,26H,5,7-9,11-12H2,1-4H3,(H2,24,27,29,31)(H2,25,28,30,32). The van der Waals surface area contributed by atoms with E-state index in [0.29, 0.717) is 23.8 Å². The van der Waals surface area contributed by atoms with E-state index in [1.807, 2.05) is 37.1 Å². The van der Waals surface area contributed by atoms with Crippen LogP contribution < -0.4 is 20.4 Å². The molecule has 6 N–H and O–H groups in total. The summed E-state index contributed by atoms with van der Waals surface area (Å²) in [4.78, 5) is 19.4. The van der Waals surface area contributed by atoms with Crippen molar-refractivity contribution in [3.63, 3.8) is 0 Å². The van der Waals surface area contributed by atoms with Crippen molar-refractivity contribution in [2.75, 3.05) is 61.2 Å². The van der Waals surface area contributed by atoms with Crippen LogP contribution in [0.1, 0.15) is 22.5 Å². The highest BCUT2D eigenvalue weighted by Gasteiger charge is 2.10. The monoisotopic (exact) mass is 466 g/mol. The molecule has 0 spiro atoms. The number of H-pyrrole nitrogens is 4. The van der Waals surface area contributed by atoms with Crippen LogP contribution in [-0.4, -0.2) is 81.1 Å². The largest absolute Gasteiger partial charge is 0.365 e. The fraction of sp³-hybridized carbons (Fsp3) is 0.455. The van der Waals surface area contributed by atoms with E-state index in [0.717, 1.165) is 38.9 Å². The zero-order valence-corrected chi connectivity index (χ0v) is 20.2. The number of nitrogens with one attached hydrogen (secondary N) is 6. The van der Waals surface area contributed by atoms with Crippen molar-refractivity contribution in [1.29, 1.82) is 0 Å². The minimum atomic E-state index is 0.664. The molecular weight excluding hydrogens is 432 g/mol. The first-order valence-electron chi connectivity index (χ1n) is 11.5. The van der Waals surface area contributed by atoms with Crippen LogP contribution in [0.2, 0.25) is 0 Å². The highest BCUT2D eigenvalue weighted by Crippen LogP contribution is 2.12. The van der Waals surface area contributed by atoms with Gasteiger partial charge in [-0.3, -0.25) is 0 Å². The molecule has 12 nitrogen and oxygen atoms in total. The number of nitrogens with zero attached hydrogens (tertiary/aromatic N) is 6. The first-order chi connectivity index (χ1) is 16.5. The van der Waals surface area contributed by atoms with Crippen LogP contribution >= 0.6 is 0 Å². The molecular formula is C22H34N12. The Morgan fingerprint density at radius 1 is 0.882 bits per heavy atom. The fourth-order valence-electron chi connectivity index (χ4n) is 3.60. The summed E-state index contributed by atoms with van der Waals surface area (Å²) in [7, 11) is 5.83. The van der Waals surface area contributed by atoms with Gasteiger partial charge >= 0.3 is 0 Å². The van der Waals surface area contributed by atoms with E-state index in [4.69, 9.17) is 0 Å². The summed E-state index contributed by atoms with van der Waals surface area (Å²) >= 11 is 0. The summed E-state index contributed by atoms with van der Waals surface area (Å²) in [5, 5.41) is 20.9. The first-order valence-corrected chi connectivity index (χ1v) is 11.5. The fourth-order valence-corrected chi connectivity index (χ4v) is 3.60. The van der Waals surface area contributed by atoms with Crippen LogP contribution in [0.15, 0.2) is 24.5 Å². The molecule has 0 bridgehead atoms. The lowest BCUT2D eigenvalue weighted by Crippen LogP contribution is -2.21. The predicted octanol–water partition coefficient (Wildman–Crippen LogP) is 1.94. The topological polar surface area (TPSA) is 145 Å². The Balaban J connectivity index is 1.17. The minimum absolute atomic E-state index is 0.664. The van der Waals surface area contributed by atoms with E-state index < -0.39 is 0 Å². The van der Waals surface area contributed by atoms with Gasteiger partial charge in [-0.25, -0.2) is 10.2 Å². The highest BCUT2D eigenvalue weighted by atomic mass is 15.4. The third-order valence-corrected chi connectivity index (χ3v) is 5.67. The van der Waals surface area contributed by atoms with Crippen molar-refractivity contribution in [3.05, 3.63) is 47.0 Å². The Bertz CT molecular complexity index is 1150. The second-order valence-electron chi connectivity index (χ2n) is 8.55. The molecule has 0 aromatic carbocycles. The molecule has 0 unspecified atom stereocenters.